The Bertz CT molecular complexity index is 881. The molecule has 0 radical (unpaired) electrons. The van der Waals surface area contributed by atoms with Crippen LogP contribution in [0.5, 0.6) is 17.2 Å². The first-order valence-corrected chi connectivity index (χ1v) is 9.32. The van der Waals surface area contributed by atoms with Gasteiger partial charge in [-0.3, -0.25) is 20.4 Å². The van der Waals surface area contributed by atoms with Crippen LogP contribution < -0.4 is 25.1 Å². The maximum absolute atomic E-state index is 12.4. The van der Waals surface area contributed by atoms with Gasteiger partial charge in [-0.15, -0.1) is 0 Å². The van der Waals surface area contributed by atoms with Crippen molar-refractivity contribution in [3.05, 3.63) is 51.5 Å². The summed E-state index contributed by atoms with van der Waals surface area (Å²) in [6, 6.07) is 6.66. The molecule has 1 unspecified atom stereocenters. The lowest BCUT2D eigenvalue weighted by molar-refractivity contribution is -0.128. The molecule has 0 saturated carbocycles. The highest BCUT2D eigenvalue weighted by molar-refractivity contribution is 6.30. The van der Waals surface area contributed by atoms with E-state index < -0.39 is 17.9 Å². The summed E-state index contributed by atoms with van der Waals surface area (Å²) >= 11 is 6.02. The van der Waals surface area contributed by atoms with E-state index in [4.69, 9.17) is 25.8 Å². The molecule has 29 heavy (non-hydrogen) atoms. The molecule has 2 aromatic carbocycles. The van der Waals surface area contributed by atoms with Gasteiger partial charge in [-0.25, -0.2) is 0 Å². The monoisotopic (exact) mass is 420 g/mol. The van der Waals surface area contributed by atoms with Crippen LogP contribution in [0, 0.1) is 20.8 Å². The second-order valence-electron chi connectivity index (χ2n) is 6.58. The number of nitrogens with one attached hydrogen (secondary N) is 2. The molecule has 2 aromatic rings. The Kier molecular flexibility index (Phi) is 7.34. The number of methoxy groups -OCH3 is 2. The molecule has 0 aliphatic heterocycles. The number of halogens is 1. The molecule has 0 aliphatic rings. The lowest BCUT2D eigenvalue weighted by Gasteiger charge is -2.18. The average Bonchev–Trinajstić information content (AvgIpc) is 2.68. The van der Waals surface area contributed by atoms with E-state index in [1.165, 1.54) is 14.2 Å². The molecule has 0 heterocycles. The summed E-state index contributed by atoms with van der Waals surface area (Å²) < 4.78 is 16.3. The van der Waals surface area contributed by atoms with Crippen LogP contribution in [-0.4, -0.2) is 32.1 Å². The van der Waals surface area contributed by atoms with Gasteiger partial charge in [0.25, 0.3) is 11.8 Å². The normalized spacial score (nSPS) is 11.4. The smallest absolute Gasteiger partial charge is 0.279 e. The maximum Gasteiger partial charge on any atom is 0.279 e. The molecule has 0 bridgehead atoms. The van der Waals surface area contributed by atoms with Crippen LogP contribution in [0.25, 0.3) is 0 Å². The SMILES string of the molecule is COc1cc(C(=O)NNC(=O)C(C)Oc2c(C)cc(Cl)cc2C)cc(OC)c1C. The average molecular weight is 421 g/mol. The fourth-order valence-corrected chi connectivity index (χ4v) is 3.15. The number of benzene rings is 2. The number of amides is 2. The molecule has 8 heteroatoms. The van der Waals surface area contributed by atoms with Crippen LogP contribution in [-0.2, 0) is 4.79 Å². The zero-order valence-corrected chi connectivity index (χ0v) is 18.1. The molecule has 0 aromatic heterocycles. The molecular formula is C21H25ClN2O5. The third-order valence-corrected chi connectivity index (χ3v) is 4.62. The van der Waals surface area contributed by atoms with Gasteiger partial charge in [-0.1, -0.05) is 11.6 Å². The Labute approximate surface area is 175 Å². The molecule has 0 aliphatic carbocycles. The van der Waals surface area contributed by atoms with Crippen molar-refractivity contribution in [2.45, 2.75) is 33.8 Å². The summed E-state index contributed by atoms with van der Waals surface area (Å²) in [6.07, 6.45) is -0.837. The van der Waals surface area contributed by atoms with E-state index in [0.29, 0.717) is 22.3 Å². The quantitative estimate of drug-likeness (QED) is 0.698. The molecule has 2 rings (SSSR count). The summed E-state index contributed by atoms with van der Waals surface area (Å²) in [5.41, 5.74) is 7.43. The van der Waals surface area contributed by atoms with Crippen LogP contribution in [0.4, 0.5) is 0 Å². The van der Waals surface area contributed by atoms with E-state index in [9.17, 15) is 9.59 Å². The van der Waals surface area contributed by atoms with Crippen molar-refractivity contribution >= 4 is 23.4 Å². The largest absolute Gasteiger partial charge is 0.496 e. The van der Waals surface area contributed by atoms with Gasteiger partial charge in [0.1, 0.15) is 17.2 Å². The van der Waals surface area contributed by atoms with Crippen molar-refractivity contribution in [1.29, 1.82) is 0 Å². The van der Waals surface area contributed by atoms with E-state index in [1.807, 2.05) is 20.8 Å². The van der Waals surface area contributed by atoms with E-state index in [0.717, 1.165) is 16.7 Å². The van der Waals surface area contributed by atoms with E-state index in [-0.39, 0.29) is 5.56 Å². The summed E-state index contributed by atoms with van der Waals surface area (Å²) in [5, 5.41) is 0.598. The third-order valence-electron chi connectivity index (χ3n) is 4.40. The number of ether oxygens (including phenoxy) is 3. The molecule has 0 fully saturated rings. The molecule has 2 amide bonds. The van der Waals surface area contributed by atoms with Gasteiger partial charge >= 0.3 is 0 Å². The summed E-state index contributed by atoms with van der Waals surface area (Å²) in [7, 11) is 3.01. The van der Waals surface area contributed by atoms with Gasteiger partial charge in [-0.2, -0.15) is 0 Å². The minimum atomic E-state index is -0.837. The first-order chi connectivity index (χ1) is 13.7. The van der Waals surface area contributed by atoms with Crippen LogP contribution >= 0.6 is 11.6 Å². The zero-order valence-electron chi connectivity index (χ0n) is 17.3. The summed E-state index contributed by atoms with van der Waals surface area (Å²) in [4.78, 5) is 24.8. The first kappa shape index (κ1) is 22.4. The van der Waals surface area contributed by atoms with Gasteiger partial charge in [0.05, 0.1) is 14.2 Å². The highest BCUT2D eigenvalue weighted by Crippen LogP contribution is 2.29. The molecule has 0 spiro atoms. The Morgan fingerprint density at radius 1 is 0.931 bits per heavy atom. The van der Waals surface area contributed by atoms with Gasteiger partial charge in [0, 0.05) is 16.1 Å². The van der Waals surface area contributed by atoms with Crippen molar-refractivity contribution in [1.82, 2.24) is 10.9 Å². The first-order valence-electron chi connectivity index (χ1n) is 8.94. The van der Waals surface area contributed by atoms with Gasteiger partial charge < -0.3 is 14.2 Å². The topological polar surface area (TPSA) is 85.9 Å². The highest BCUT2D eigenvalue weighted by Gasteiger charge is 2.19. The Morgan fingerprint density at radius 2 is 1.45 bits per heavy atom. The lowest BCUT2D eigenvalue weighted by Crippen LogP contribution is -2.47. The number of carbonyl (C=O) groups excluding carboxylic acids is 2. The van der Waals surface area contributed by atoms with Gasteiger partial charge in [-0.05, 0) is 63.1 Å². The number of hydrogen-bond acceptors (Lipinski definition) is 5. The van der Waals surface area contributed by atoms with Crippen molar-refractivity contribution in [2.75, 3.05) is 14.2 Å². The Balaban J connectivity index is 2.04. The summed E-state index contributed by atoms with van der Waals surface area (Å²) in [5.74, 6) is 0.577. The molecular weight excluding hydrogens is 396 g/mol. The van der Waals surface area contributed by atoms with E-state index >= 15 is 0 Å². The van der Waals surface area contributed by atoms with E-state index in [2.05, 4.69) is 10.9 Å². The molecule has 7 nitrogen and oxygen atoms in total. The predicted molar refractivity (Wildman–Crippen MR) is 111 cm³/mol. The van der Waals surface area contributed by atoms with Crippen LogP contribution in [0.15, 0.2) is 24.3 Å². The molecule has 2 N–H and O–H groups in total. The van der Waals surface area contributed by atoms with Crippen molar-refractivity contribution in [2.24, 2.45) is 0 Å². The summed E-state index contributed by atoms with van der Waals surface area (Å²) in [6.45, 7) is 7.10. The van der Waals surface area contributed by atoms with Crippen molar-refractivity contribution < 1.29 is 23.8 Å². The van der Waals surface area contributed by atoms with Crippen molar-refractivity contribution in [3.8, 4) is 17.2 Å². The molecule has 0 saturated heterocycles. The highest BCUT2D eigenvalue weighted by atomic mass is 35.5. The number of carbonyl (C=O) groups is 2. The lowest BCUT2D eigenvalue weighted by atomic mass is 10.1. The fraction of sp³-hybridized carbons (Fsp3) is 0.333. The molecule has 156 valence electrons. The fourth-order valence-electron chi connectivity index (χ4n) is 2.82. The number of hydrazine groups is 1. The number of hydrogen-bond donors (Lipinski definition) is 2. The maximum atomic E-state index is 12.4. The minimum Gasteiger partial charge on any atom is -0.496 e. The molecule has 1 atom stereocenters. The second-order valence-corrected chi connectivity index (χ2v) is 7.01. The Hall–Kier alpha value is -2.93. The minimum absolute atomic E-state index is 0.280. The standard InChI is InChI=1S/C21H25ClN2O5/c1-11-7-16(22)8-12(2)19(11)29-14(4)20(25)23-24-21(26)15-9-17(27-5)13(3)18(10-15)28-6/h7-10,14H,1-6H3,(H,23,25)(H,24,26). The predicted octanol–water partition coefficient (Wildman–Crippen LogP) is 3.51. The van der Waals surface area contributed by atoms with Crippen LogP contribution in [0.1, 0.15) is 34.0 Å². The van der Waals surface area contributed by atoms with E-state index in [1.54, 1.807) is 31.2 Å². The van der Waals surface area contributed by atoms with Crippen LogP contribution in [0.3, 0.4) is 0 Å². The number of aryl methyl sites for hydroxylation is 2. The van der Waals surface area contributed by atoms with Gasteiger partial charge in [0.15, 0.2) is 6.10 Å². The third kappa shape index (κ3) is 5.32. The van der Waals surface area contributed by atoms with Crippen molar-refractivity contribution in [3.63, 3.8) is 0 Å². The van der Waals surface area contributed by atoms with Gasteiger partial charge in [0.2, 0.25) is 0 Å². The Morgan fingerprint density at radius 3 is 1.93 bits per heavy atom. The zero-order chi connectivity index (χ0) is 21.7. The number of rotatable bonds is 6. The van der Waals surface area contributed by atoms with Crippen LogP contribution in [0.2, 0.25) is 5.02 Å². The second kappa shape index (κ2) is 9.52.